The fourth-order valence-corrected chi connectivity index (χ4v) is 3.01. The van der Waals surface area contributed by atoms with Crippen molar-refractivity contribution >= 4 is 0 Å². The summed E-state index contributed by atoms with van der Waals surface area (Å²) in [5.74, 6) is 0. The number of rotatable bonds is 6. The number of likely N-dealkylation sites (N-methyl/N-ethyl adjacent to an activating group) is 1. The van der Waals surface area contributed by atoms with Gasteiger partial charge in [0.05, 0.1) is 11.7 Å². The minimum Gasteiger partial charge on any atom is -0.392 e. The maximum atomic E-state index is 10.4. The van der Waals surface area contributed by atoms with Crippen LogP contribution < -0.4 is 0 Å². The molecule has 1 aliphatic rings. The van der Waals surface area contributed by atoms with Gasteiger partial charge in [0.1, 0.15) is 0 Å². The molecule has 1 aromatic carbocycles. The molecule has 2 N–H and O–H groups in total. The zero-order valence-corrected chi connectivity index (χ0v) is 13.1. The van der Waals surface area contributed by atoms with E-state index in [1.165, 1.54) is 11.1 Å². The highest BCUT2D eigenvalue weighted by Crippen LogP contribution is 2.25. The van der Waals surface area contributed by atoms with Crippen LogP contribution in [0.5, 0.6) is 0 Å². The van der Waals surface area contributed by atoms with E-state index in [1.54, 1.807) is 0 Å². The van der Waals surface area contributed by atoms with Crippen molar-refractivity contribution in [3.8, 4) is 0 Å². The van der Waals surface area contributed by atoms with E-state index < -0.39 is 11.7 Å². The van der Waals surface area contributed by atoms with Crippen molar-refractivity contribution in [1.29, 1.82) is 0 Å². The summed E-state index contributed by atoms with van der Waals surface area (Å²) in [6.45, 7) is 4.63. The molecule has 1 aliphatic heterocycles. The van der Waals surface area contributed by atoms with Gasteiger partial charge in [0.2, 0.25) is 0 Å². The molecule has 0 aromatic heterocycles. The number of aliphatic hydroxyl groups is 2. The number of hydrogen-bond acceptors (Lipinski definition) is 4. The first-order valence-electron chi connectivity index (χ1n) is 7.69. The van der Waals surface area contributed by atoms with Crippen LogP contribution in [0, 0.1) is 6.92 Å². The fourth-order valence-electron chi connectivity index (χ4n) is 3.01. The van der Waals surface area contributed by atoms with E-state index in [2.05, 4.69) is 36.1 Å². The molecule has 2 rings (SSSR count). The molecule has 0 saturated carbocycles. The molecule has 1 heterocycles. The van der Waals surface area contributed by atoms with Crippen LogP contribution in [-0.4, -0.2) is 53.6 Å². The number of ether oxygens (including phenoxy) is 1. The Labute approximate surface area is 127 Å². The zero-order chi connectivity index (χ0) is 15.3. The van der Waals surface area contributed by atoms with Crippen LogP contribution >= 0.6 is 0 Å². The molecule has 1 saturated heterocycles. The maximum absolute atomic E-state index is 10.4. The summed E-state index contributed by atoms with van der Waals surface area (Å²) < 4.78 is 5.27. The van der Waals surface area contributed by atoms with E-state index in [-0.39, 0.29) is 0 Å². The lowest BCUT2D eigenvalue weighted by Crippen LogP contribution is -2.42. The fraction of sp³-hybridized carbons (Fsp3) is 0.647. The Morgan fingerprint density at radius 1 is 1.33 bits per heavy atom. The van der Waals surface area contributed by atoms with E-state index >= 15 is 0 Å². The van der Waals surface area contributed by atoms with Gasteiger partial charge in [0.25, 0.3) is 0 Å². The Morgan fingerprint density at radius 2 is 2.05 bits per heavy atom. The number of aryl methyl sites for hydroxylation is 1. The number of hydrogen-bond donors (Lipinski definition) is 2. The molecule has 4 heteroatoms. The van der Waals surface area contributed by atoms with E-state index in [0.29, 0.717) is 39.0 Å². The number of nitrogens with zero attached hydrogens (tertiary/aromatic N) is 1. The predicted molar refractivity (Wildman–Crippen MR) is 83.1 cm³/mol. The molecule has 4 nitrogen and oxygen atoms in total. The Balaban J connectivity index is 1.80. The second-order valence-corrected chi connectivity index (χ2v) is 6.38. The summed E-state index contributed by atoms with van der Waals surface area (Å²) in [7, 11) is 2.00. The molecular weight excluding hydrogens is 266 g/mol. The van der Waals surface area contributed by atoms with Gasteiger partial charge in [-0.1, -0.05) is 29.8 Å². The van der Waals surface area contributed by atoms with Gasteiger partial charge in [0.15, 0.2) is 0 Å². The van der Waals surface area contributed by atoms with Gasteiger partial charge in [-0.15, -0.1) is 0 Å². The van der Waals surface area contributed by atoms with E-state index in [0.717, 1.165) is 6.54 Å². The van der Waals surface area contributed by atoms with Crippen LogP contribution in [0.25, 0.3) is 0 Å². The lowest BCUT2D eigenvalue weighted by Gasteiger charge is -2.34. The second-order valence-electron chi connectivity index (χ2n) is 6.38. The average Bonchev–Trinajstić information content (AvgIpc) is 2.38. The third-order valence-electron chi connectivity index (χ3n) is 4.10. The first-order valence-corrected chi connectivity index (χ1v) is 7.69. The van der Waals surface area contributed by atoms with E-state index in [1.807, 2.05) is 7.05 Å². The minimum atomic E-state index is -0.762. The van der Waals surface area contributed by atoms with Crippen molar-refractivity contribution in [2.75, 3.05) is 26.8 Å². The third kappa shape index (κ3) is 5.40. The molecule has 0 radical (unpaired) electrons. The van der Waals surface area contributed by atoms with Crippen LogP contribution in [0.3, 0.4) is 0 Å². The van der Waals surface area contributed by atoms with Gasteiger partial charge in [0, 0.05) is 32.7 Å². The summed E-state index contributed by atoms with van der Waals surface area (Å²) in [5.41, 5.74) is 1.73. The summed E-state index contributed by atoms with van der Waals surface area (Å²) in [4.78, 5) is 2.10. The lowest BCUT2D eigenvalue weighted by atomic mass is 9.88. The van der Waals surface area contributed by atoms with Crippen molar-refractivity contribution in [2.24, 2.45) is 0 Å². The molecule has 0 bridgehead atoms. The standard InChI is InChI=1S/C17H27NO3/c1-14-4-3-5-15(10-14)12-18(2)13-16(19)11-17(20)6-8-21-9-7-17/h3-5,10,16,19-20H,6-9,11-13H2,1-2H3. The summed E-state index contributed by atoms with van der Waals surface area (Å²) >= 11 is 0. The predicted octanol–water partition coefficient (Wildman–Crippen LogP) is 1.72. The van der Waals surface area contributed by atoms with Gasteiger partial charge >= 0.3 is 0 Å². The molecule has 1 fully saturated rings. The van der Waals surface area contributed by atoms with Crippen LogP contribution in [0.4, 0.5) is 0 Å². The van der Waals surface area contributed by atoms with Crippen LogP contribution in [-0.2, 0) is 11.3 Å². The van der Waals surface area contributed by atoms with E-state index in [4.69, 9.17) is 4.74 Å². The summed E-state index contributed by atoms with van der Waals surface area (Å²) in [6, 6.07) is 8.40. The van der Waals surface area contributed by atoms with Gasteiger partial charge < -0.3 is 14.9 Å². The second kappa shape index (κ2) is 7.36. The van der Waals surface area contributed by atoms with Crippen LogP contribution in [0.15, 0.2) is 24.3 Å². The minimum absolute atomic E-state index is 0.425. The monoisotopic (exact) mass is 293 g/mol. The number of benzene rings is 1. The maximum Gasteiger partial charge on any atom is 0.0716 e. The Morgan fingerprint density at radius 3 is 2.71 bits per heavy atom. The van der Waals surface area contributed by atoms with Gasteiger partial charge in [-0.25, -0.2) is 0 Å². The molecule has 0 aliphatic carbocycles. The average molecular weight is 293 g/mol. The molecule has 0 spiro atoms. The zero-order valence-electron chi connectivity index (χ0n) is 13.1. The first-order chi connectivity index (χ1) is 9.97. The van der Waals surface area contributed by atoms with Gasteiger partial charge in [-0.05, 0) is 32.4 Å². The van der Waals surface area contributed by atoms with Crippen molar-refractivity contribution in [1.82, 2.24) is 4.90 Å². The topological polar surface area (TPSA) is 52.9 Å². The van der Waals surface area contributed by atoms with Crippen molar-refractivity contribution in [3.05, 3.63) is 35.4 Å². The van der Waals surface area contributed by atoms with Crippen molar-refractivity contribution < 1.29 is 14.9 Å². The summed E-state index contributed by atoms with van der Waals surface area (Å²) in [6.07, 6.45) is 1.15. The van der Waals surface area contributed by atoms with Gasteiger partial charge in [-0.3, -0.25) is 4.90 Å². The van der Waals surface area contributed by atoms with Crippen molar-refractivity contribution in [3.63, 3.8) is 0 Å². The Hall–Kier alpha value is -0.940. The Bertz CT molecular complexity index is 443. The first kappa shape index (κ1) is 16.4. The third-order valence-corrected chi connectivity index (χ3v) is 4.10. The van der Waals surface area contributed by atoms with E-state index in [9.17, 15) is 10.2 Å². The van der Waals surface area contributed by atoms with Crippen molar-refractivity contribution in [2.45, 2.75) is 44.4 Å². The Kier molecular flexibility index (Phi) is 5.76. The summed E-state index contributed by atoms with van der Waals surface area (Å²) in [5, 5.41) is 20.6. The lowest BCUT2D eigenvalue weighted by molar-refractivity contribution is -0.0889. The normalized spacial score (nSPS) is 19.7. The highest BCUT2D eigenvalue weighted by molar-refractivity contribution is 5.22. The van der Waals surface area contributed by atoms with Crippen LogP contribution in [0.2, 0.25) is 0 Å². The molecular formula is C17H27NO3. The molecule has 0 amide bonds. The molecule has 1 atom stereocenters. The quantitative estimate of drug-likeness (QED) is 0.838. The highest BCUT2D eigenvalue weighted by Gasteiger charge is 2.32. The van der Waals surface area contributed by atoms with Crippen LogP contribution in [0.1, 0.15) is 30.4 Å². The SMILES string of the molecule is Cc1cccc(CN(C)CC(O)CC2(O)CCOCC2)c1. The highest BCUT2D eigenvalue weighted by atomic mass is 16.5. The van der Waals surface area contributed by atoms with Gasteiger partial charge in [-0.2, -0.15) is 0 Å². The smallest absolute Gasteiger partial charge is 0.0716 e. The molecule has 1 unspecified atom stereocenters. The largest absolute Gasteiger partial charge is 0.392 e. The molecule has 21 heavy (non-hydrogen) atoms. The molecule has 118 valence electrons. The number of aliphatic hydroxyl groups excluding tert-OH is 1. The molecule has 1 aromatic rings.